The van der Waals surface area contributed by atoms with Crippen LogP contribution in [0, 0.1) is 23.7 Å². The summed E-state index contributed by atoms with van der Waals surface area (Å²) in [6.45, 7) is 3.83. The minimum absolute atomic E-state index is 0.406. The van der Waals surface area contributed by atoms with E-state index < -0.39 is 5.54 Å². The second-order valence-electron chi connectivity index (χ2n) is 3.70. The van der Waals surface area contributed by atoms with Crippen LogP contribution in [0.25, 0.3) is 0 Å². The fraction of sp³-hybridized carbons (Fsp3) is 0.250. The van der Waals surface area contributed by atoms with Crippen LogP contribution in [0.1, 0.15) is 19.4 Å². The molecule has 0 saturated carbocycles. The van der Waals surface area contributed by atoms with E-state index in [-0.39, 0.29) is 0 Å². The SMILES string of the molecule is C#CC(C)(C)Nc1ccc(C#N)cc1Br. The maximum atomic E-state index is 8.71. The van der Waals surface area contributed by atoms with Crippen LogP contribution in [0.5, 0.6) is 0 Å². The molecule has 0 aliphatic heterocycles. The Labute approximate surface area is 98.4 Å². The van der Waals surface area contributed by atoms with Crippen LogP contribution < -0.4 is 5.32 Å². The van der Waals surface area contributed by atoms with Crippen LogP contribution in [0.2, 0.25) is 0 Å². The summed E-state index contributed by atoms with van der Waals surface area (Å²) in [5.74, 6) is 2.65. The average Bonchev–Trinajstić information content (AvgIpc) is 2.21. The van der Waals surface area contributed by atoms with E-state index >= 15 is 0 Å². The van der Waals surface area contributed by atoms with Crippen molar-refractivity contribution < 1.29 is 0 Å². The molecule has 3 heteroatoms. The van der Waals surface area contributed by atoms with Crippen molar-refractivity contribution in [2.75, 3.05) is 5.32 Å². The van der Waals surface area contributed by atoms with Gasteiger partial charge in [-0.2, -0.15) is 5.26 Å². The molecule has 0 aromatic heterocycles. The van der Waals surface area contributed by atoms with Crippen molar-refractivity contribution in [3.63, 3.8) is 0 Å². The van der Waals surface area contributed by atoms with Gasteiger partial charge in [0.15, 0.2) is 0 Å². The van der Waals surface area contributed by atoms with Gasteiger partial charge in [0.05, 0.1) is 17.2 Å². The first kappa shape index (κ1) is 11.6. The second-order valence-corrected chi connectivity index (χ2v) is 4.56. The first-order valence-electron chi connectivity index (χ1n) is 4.44. The highest BCUT2D eigenvalue weighted by molar-refractivity contribution is 9.10. The Morgan fingerprint density at radius 3 is 2.60 bits per heavy atom. The lowest BCUT2D eigenvalue weighted by Crippen LogP contribution is -2.28. The van der Waals surface area contributed by atoms with Gasteiger partial charge in [0.2, 0.25) is 0 Å². The van der Waals surface area contributed by atoms with E-state index in [0.29, 0.717) is 5.56 Å². The third-order valence-electron chi connectivity index (χ3n) is 1.91. The molecule has 0 unspecified atom stereocenters. The monoisotopic (exact) mass is 262 g/mol. The molecule has 0 atom stereocenters. The molecular weight excluding hydrogens is 252 g/mol. The van der Waals surface area contributed by atoms with Crippen LogP contribution in [0.15, 0.2) is 22.7 Å². The number of hydrogen-bond donors (Lipinski definition) is 1. The largest absolute Gasteiger partial charge is 0.369 e. The van der Waals surface area contributed by atoms with Gasteiger partial charge < -0.3 is 5.32 Å². The summed E-state index contributed by atoms with van der Waals surface area (Å²) in [6.07, 6.45) is 5.38. The molecule has 1 N–H and O–H groups in total. The fourth-order valence-electron chi connectivity index (χ4n) is 1.06. The number of hydrogen-bond acceptors (Lipinski definition) is 2. The van der Waals surface area contributed by atoms with Gasteiger partial charge in [-0.3, -0.25) is 0 Å². The molecule has 0 aliphatic rings. The summed E-state index contributed by atoms with van der Waals surface area (Å²) in [6, 6.07) is 7.42. The number of nitriles is 1. The molecule has 0 heterocycles. The van der Waals surface area contributed by atoms with E-state index in [2.05, 4.69) is 33.2 Å². The minimum atomic E-state index is -0.406. The third-order valence-corrected chi connectivity index (χ3v) is 2.56. The van der Waals surface area contributed by atoms with Crippen molar-refractivity contribution in [2.24, 2.45) is 0 Å². The molecule has 76 valence electrons. The van der Waals surface area contributed by atoms with Crippen molar-refractivity contribution in [1.29, 1.82) is 5.26 Å². The van der Waals surface area contributed by atoms with Gasteiger partial charge in [-0.25, -0.2) is 0 Å². The maximum Gasteiger partial charge on any atom is 0.0992 e. The zero-order valence-corrected chi connectivity index (χ0v) is 10.2. The highest BCUT2D eigenvalue weighted by Crippen LogP contribution is 2.26. The Bertz CT molecular complexity index is 450. The second kappa shape index (κ2) is 4.38. The van der Waals surface area contributed by atoms with Crippen LogP contribution in [0.3, 0.4) is 0 Å². The summed E-state index contributed by atoms with van der Waals surface area (Å²) in [5, 5.41) is 11.9. The Kier molecular flexibility index (Phi) is 3.39. The van der Waals surface area contributed by atoms with Gasteiger partial charge in [0, 0.05) is 10.2 Å². The fourth-order valence-corrected chi connectivity index (χ4v) is 1.54. The predicted molar refractivity (Wildman–Crippen MR) is 65.4 cm³/mol. The summed E-state index contributed by atoms with van der Waals surface area (Å²) in [5.41, 5.74) is 1.10. The molecule has 2 nitrogen and oxygen atoms in total. The van der Waals surface area contributed by atoms with E-state index in [0.717, 1.165) is 10.2 Å². The summed E-state index contributed by atoms with van der Waals surface area (Å²) >= 11 is 3.39. The summed E-state index contributed by atoms with van der Waals surface area (Å²) in [4.78, 5) is 0. The van der Waals surface area contributed by atoms with Crippen molar-refractivity contribution in [3.8, 4) is 18.4 Å². The Balaban J connectivity index is 3.00. The van der Waals surface area contributed by atoms with Gasteiger partial charge >= 0.3 is 0 Å². The molecule has 0 saturated heterocycles. The molecule has 15 heavy (non-hydrogen) atoms. The lowest BCUT2D eigenvalue weighted by atomic mass is 10.1. The van der Waals surface area contributed by atoms with Crippen molar-refractivity contribution in [3.05, 3.63) is 28.2 Å². The van der Waals surface area contributed by atoms with E-state index in [1.807, 2.05) is 19.9 Å². The number of nitrogens with zero attached hydrogens (tertiary/aromatic N) is 1. The predicted octanol–water partition coefficient (Wildman–Crippen LogP) is 3.14. The maximum absolute atomic E-state index is 8.71. The quantitative estimate of drug-likeness (QED) is 0.832. The van der Waals surface area contributed by atoms with E-state index in [1.165, 1.54) is 0 Å². The lowest BCUT2D eigenvalue weighted by molar-refractivity contribution is 0.741. The van der Waals surface area contributed by atoms with E-state index in [9.17, 15) is 0 Å². The Hall–Kier alpha value is -1.45. The van der Waals surface area contributed by atoms with Crippen LogP contribution in [0.4, 0.5) is 5.69 Å². The molecule has 0 amide bonds. The van der Waals surface area contributed by atoms with E-state index in [4.69, 9.17) is 11.7 Å². The van der Waals surface area contributed by atoms with Gasteiger partial charge in [0.25, 0.3) is 0 Å². The van der Waals surface area contributed by atoms with Crippen LogP contribution in [-0.4, -0.2) is 5.54 Å². The molecule has 0 spiro atoms. The first-order valence-corrected chi connectivity index (χ1v) is 5.23. The smallest absolute Gasteiger partial charge is 0.0992 e. The molecule has 1 rings (SSSR count). The number of halogens is 1. The van der Waals surface area contributed by atoms with Crippen LogP contribution in [-0.2, 0) is 0 Å². The Morgan fingerprint density at radius 1 is 1.47 bits per heavy atom. The zero-order valence-electron chi connectivity index (χ0n) is 8.63. The highest BCUT2D eigenvalue weighted by atomic mass is 79.9. The van der Waals surface area contributed by atoms with Gasteiger partial charge in [-0.05, 0) is 48.0 Å². The number of anilines is 1. The molecule has 0 fully saturated rings. The molecule has 0 radical (unpaired) electrons. The van der Waals surface area contributed by atoms with Crippen molar-refractivity contribution in [1.82, 2.24) is 0 Å². The zero-order chi connectivity index (χ0) is 11.5. The molecular formula is C12H11BrN2. The standard InChI is InChI=1S/C12H11BrN2/c1-4-12(2,3)15-11-6-5-9(8-14)7-10(11)13/h1,5-7,15H,2-3H3. The highest BCUT2D eigenvalue weighted by Gasteiger charge is 2.14. The van der Waals surface area contributed by atoms with Gasteiger partial charge in [-0.1, -0.05) is 5.92 Å². The number of nitrogens with one attached hydrogen (secondary N) is 1. The summed E-state index contributed by atoms with van der Waals surface area (Å²) < 4.78 is 0.838. The topological polar surface area (TPSA) is 35.8 Å². The van der Waals surface area contributed by atoms with Crippen LogP contribution >= 0.6 is 15.9 Å². The first-order chi connectivity index (χ1) is 6.98. The third kappa shape index (κ3) is 3.01. The lowest BCUT2D eigenvalue weighted by Gasteiger charge is -2.22. The number of terminal acetylenes is 1. The normalized spacial score (nSPS) is 10.2. The van der Waals surface area contributed by atoms with Gasteiger partial charge in [0.1, 0.15) is 0 Å². The molecule has 0 bridgehead atoms. The molecule has 1 aromatic carbocycles. The van der Waals surface area contributed by atoms with Crippen molar-refractivity contribution in [2.45, 2.75) is 19.4 Å². The average molecular weight is 263 g/mol. The van der Waals surface area contributed by atoms with E-state index in [1.54, 1.807) is 12.1 Å². The minimum Gasteiger partial charge on any atom is -0.369 e. The van der Waals surface area contributed by atoms with Gasteiger partial charge in [-0.15, -0.1) is 6.42 Å². The molecule has 1 aromatic rings. The van der Waals surface area contributed by atoms with Crippen molar-refractivity contribution >= 4 is 21.6 Å². The Morgan fingerprint density at radius 2 is 2.13 bits per heavy atom. The summed E-state index contributed by atoms with van der Waals surface area (Å²) in [7, 11) is 0. The number of rotatable bonds is 2. The molecule has 0 aliphatic carbocycles. The number of benzene rings is 1.